The highest BCUT2D eigenvalue weighted by molar-refractivity contribution is 6.36. The lowest BCUT2D eigenvalue weighted by molar-refractivity contribution is 0.0912. The molecule has 0 saturated carbocycles. The molecule has 4 rings (SSSR count). The third kappa shape index (κ3) is 3.81. The number of fused-ring (bicyclic) bond motifs is 1. The van der Waals surface area contributed by atoms with E-state index in [0.29, 0.717) is 16.4 Å². The molecule has 1 aliphatic heterocycles. The molecule has 1 fully saturated rings. The number of benzene rings is 2. The van der Waals surface area contributed by atoms with E-state index < -0.39 is 0 Å². The van der Waals surface area contributed by atoms with Crippen molar-refractivity contribution in [2.24, 2.45) is 0 Å². The predicted octanol–water partition coefficient (Wildman–Crippen LogP) is 3.96. The average Bonchev–Trinajstić information content (AvgIpc) is 2.72. The first kappa shape index (κ1) is 18.7. The van der Waals surface area contributed by atoms with Crippen LogP contribution in [0.5, 0.6) is 0 Å². The Morgan fingerprint density at radius 3 is 2.71 bits per heavy atom. The molecule has 0 radical (unpaired) electrons. The summed E-state index contributed by atoms with van der Waals surface area (Å²) >= 11 is 6.27. The summed E-state index contributed by atoms with van der Waals surface area (Å²) in [6.45, 7) is 2.00. The zero-order chi connectivity index (χ0) is 19.7. The van der Waals surface area contributed by atoms with E-state index >= 15 is 0 Å². The zero-order valence-electron chi connectivity index (χ0n) is 15.8. The van der Waals surface area contributed by atoms with Gasteiger partial charge in [0.1, 0.15) is 5.69 Å². The van der Waals surface area contributed by atoms with Crippen molar-refractivity contribution in [2.75, 3.05) is 25.9 Å². The maximum Gasteiger partial charge on any atom is 0.270 e. The SMILES string of the molecule is CN1CCC(NC(=O)c2cccc(-c3ccc4c(Cl)ccc(N)c4c3)n2)CC1. The Labute approximate surface area is 169 Å². The number of amides is 1. The lowest BCUT2D eigenvalue weighted by Gasteiger charge is -2.29. The van der Waals surface area contributed by atoms with Crippen LogP contribution in [0.25, 0.3) is 22.0 Å². The van der Waals surface area contributed by atoms with Gasteiger partial charge in [-0.15, -0.1) is 0 Å². The number of nitrogen functional groups attached to an aromatic ring is 1. The number of nitrogens with one attached hydrogen (secondary N) is 1. The number of nitrogens with zero attached hydrogens (tertiary/aromatic N) is 2. The fourth-order valence-corrected chi connectivity index (χ4v) is 3.86. The van der Waals surface area contributed by atoms with Crippen molar-refractivity contribution in [3.63, 3.8) is 0 Å². The van der Waals surface area contributed by atoms with Gasteiger partial charge in [0.25, 0.3) is 5.91 Å². The third-order valence-corrected chi connectivity index (χ3v) is 5.66. The van der Waals surface area contributed by atoms with Crippen molar-refractivity contribution in [1.29, 1.82) is 0 Å². The number of halogens is 1. The standard InChI is InChI=1S/C22H23ClN4O/c1-27-11-9-15(10-12-27)25-22(28)21-4-2-3-20(26-21)14-5-6-16-17(13-14)19(24)8-7-18(16)23/h2-8,13,15H,9-12,24H2,1H3,(H,25,28). The van der Waals surface area contributed by atoms with E-state index in [9.17, 15) is 4.79 Å². The summed E-state index contributed by atoms with van der Waals surface area (Å²) in [5.74, 6) is -0.125. The quantitative estimate of drug-likeness (QED) is 0.659. The van der Waals surface area contributed by atoms with Gasteiger partial charge in [-0.2, -0.15) is 0 Å². The number of anilines is 1. The molecule has 3 N–H and O–H groups in total. The Morgan fingerprint density at radius 2 is 1.93 bits per heavy atom. The average molecular weight is 395 g/mol. The topological polar surface area (TPSA) is 71.2 Å². The molecule has 1 saturated heterocycles. The Kier molecular flexibility index (Phi) is 5.20. The van der Waals surface area contributed by atoms with E-state index in [1.165, 1.54) is 0 Å². The minimum atomic E-state index is -0.125. The number of carbonyl (C=O) groups excluding carboxylic acids is 1. The number of rotatable bonds is 3. The van der Waals surface area contributed by atoms with Gasteiger partial charge < -0.3 is 16.0 Å². The fraction of sp³-hybridized carbons (Fsp3) is 0.273. The summed E-state index contributed by atoms with van der Waals surface area (Å²) in [6, 6.07) is 15.2. The van der Waals surface area contributed by atoms with Gasteiger partial charge in [-0.1, -0.05) is 29.8 Å². The van der Waals surface area contributed by atoms with Gasteiger partial charge >= 0.3 is 0 Å². The number of hydrogen-bond acceptors (Lipinski definition) is 4. The summed E-state index contributed by atoms with van der Waals surface area (Å²) in [6.07, 6.45) is 1.93. The monoisotopic (exact) mass is 394 g/mol. The van der Waals surface area contributed by atoms with Gasteiger partial charge in [0.2, 0.25) is 0 Å². The first-order chi connectivity index (χ1) is 13.5. The summed E-state index contributed by atoms with van der Waals surface area (Å²) in [7, 11) is 2.10. The van der Waals surface area contributed by atoms with Crippen molar-refractivity contribution < 1.29 is 4.79 Å². The van der Waals surface area contributed by atoms with E-state index in [-0.39, 0.29) is 11.9 Å². The smallest absolute Gasteiger partial charge is 0.270 e. The molecule has 0 spiro atoms. The third-order valence-electron chi connectivity index (χ3n) is 5.33. The van der Waals surface area contributed by atoms with E-state index in [1.54, 1.807) is 18.2 Å². The van der Waals surface area contributed by atoms with Crippen LogP contribution in [-0.4, -0.2) is 42.0 Å². The van der Waals surface area contributed by atoms with Crippen molar-refractivity contribution in [2.45, 2.75) is 18.9 Å². The van der Waals surface area contributed by atoms with Crippen molar-refractivity contribution in [3.8, 4) is 11.3 Å². The zero-order valence-corrected chi connectivity index (χ0v) is 16.5. The Balaban J connectivity index is 1.59. The Hall–Kier alpha value is -2.63. The van der Waals surface area contributed by atoms with Crippen LogP contribution in [0.1, 0.15) is 23.3 Å². The van der Waals surface area contributed by atoms with Crippen LogP contribution in [0.4, 0.5) is 5.69 Å². The number of hydrogen-bond donors (Lipinski definition) is 2. The highest BCUT2D eigenvalue weighted by atomic mass is 35.5. The number of nitrogens with two attached hydrogens (primary N) is 1. The van der Waals surface area contributed by atoms with E-state index in [4.69, 9.17) is 17.3 Å². The second kappa shape index (κ2) is 7.78. The number of piperidine rings is 1. The van der Waals surface area contributed by atoms with Crippen LogP contribution in [0, 0.1) is 0 Å². The molecule has 0 bridgehead atoms. The molecule has 2 heterocycles. The van der Waals surface area contributed by atoms with E-state index in [0.717, 1.165) is 48.0 Å². The molecule has 5 nitrogen and oxygen atoms in total. The maximum absolute atomic E-state index is 12.7. The highest BCUT2D eigenvalue weighted by Gasteiger charge is 2.20. The first-order valence-electron chi connectivity index (χ1n) is 9.46. The molecular formula is C22H23ClN4O. The molecule has 0 aliphatic carbocycles. The lowest BCUT2D eigenvalue weighted by Crippen LogP contribution is -2.43. The molecule has 28 heavy (non-hydrogen) atoms. The van der Waals surface area contributed by atoms with Crippen LogP contribution < -0.4 is 11.1 Å². The number of pyridine rings is 1. The molecule has 1 aliphatic rings. The van der Waals surface area contributed by atoms with E-state index in [2.05, 4.69) is 22.2 Å². The van der Waals surface area contributed by atoms with Crippen molar-refractivity contribution in [1.82, 2.24) is 15.2 Å². The summed E-state index contributed by atoms with van der Waals surface area (Å²) < 4.78 is 0. The summed E-state index contributed by atoms with van der Waals surface area (Å²) in [4.78, 5) is 19.5. The van der Waals surface area contributed by atoms with Crippen molar-refractivity contribution in [3.05, 3.63) is 59.2 Å². The maximum atomic E-state index is 12.7. The molecule has 6 heteroatoms. The number of carbonyl (C=O) groups is 1. The van der Waals surface area contributed by atoms with Gasteiger partial charge in [0.05, 0.1) is 5.69 Å². The van der Waals surface area contributed by atoms with E-state index in [1.807, 2.05) is 30.3 Å². The highest BCUT2D eigenvalue weighted by Crippen LogP contribution is 2.31. The summed E-state index contributed by atoms with van der Waals surface area (Å²) in [5, 5.41) is 5.56. The molecule has 2 aromatic carbocycles. The molecule has 0 unspecified atom stereocenters. The van der Waals surface area contributed by atoms with Gasteiger partial charge in [-0.3, -0.25) is 4.79 Å². The van der Waals surface area contributed by atoms with Gasteiger partial charge in [-0.25, -0.2) is 4.98 Å². The molecule has 144 valence electrons. The molecule has 0 atom stereocenters. The second-order valence-corrected chi connectivity index (χ2v) is 7.76. The van der Waals surface area contributed by atoms with Crippen LogP contribution in [-0.2, 0) is 0 Å². The lowest BCUT2D eigenvalue weighted by atomic mass is 10.0. The first-order valence-corrected chi connectivity index (χ1v) is 9.83. The van der Waals surface area contributed by atoms with Crippen LogP contribution in [0.3, 0.4) is 0 Å². The van der Waals surface area contributed by atoms with Crippen LogP contribution >= 0.6 is 11.6 Å². The van der Waals surface area contributed by atoms with Crippen LogP contribution in [0.2, 0.25) is 5.02 Å². The Bertz CT molecular complexity index is 1030. The number of aromatic nitrogens is 1. The van der Waals surface area contributed by atoms with Crippen LogP contribution in [0.15, 0.2) is 48.5 Å². The second-order valence-electron chi connectivity index (χ2n) is 7.36. The fourth-order valence-electron chi connectivity index (χ4n) is 3.63. The Morgan fingerprint density at radius 1 is 1.14 bits per heavy atom. The molecular weight excluding hydrogens is 372 g/mol. The largest absolute Gasteiger partial charge is 0.398 e. The normalized spacial score (nSPS) is 15.6. The minimum Gasteiger partial charge on any atom is -0.398 e. The van der Waals surface area contributed by atoms with Crippen molar-refractivity contribution >= 4 is 34.0 Å². The molecule has 1 amide bonds. The minimum absolute atomic E-state index is 0.125. The van der Waals surface area contributed by atoms with Gasteiger partial charge in [0, 0.05) is 33.1 Å². The molecule has 3 aromatic rings. The molecule has 1 aromatic heterocycles. The predicted molar refractivity (Wildman–Crippen MR) is 115 cm³/mol. The van der Waals surface area contributed by atoms with Gasteiger partial charge in [-0.05, 0) is 63.3 Å². The number of likely N-dealkylation sites (tertiary alicyclic amines) is 1. The van der Waals surface area contributed by atoms with Gasteiger partial charge in [0.15, 0.2) is 0 Å². The summed E-state index contributed by atoms with van der Waals surface area (Å²) in [5.41, 5.74) is 8.84.